The zero-order chi connectivity index (χ0) is 18.4. The van der Waals surface area contributed by atoms with Gasteiger partial charge >= 0.3 is 11.9 Å². The molecular weight excluding hydrogens is 340 g/mol. The largest absolute Gasteiger partial charge is 0.481 e. The Hall–Kier alpha value is -2.25. The Morgan fingerprint density at radius 1 is 1.16 bits per heavy atom. The Labute approximate surface area is 150 Å². The molecule has 25 heavy (non-hydrogen) atoms. The van der Waals surface area contributed by atoms with Crippen molar-refractivity contribution in [3.63, 3.8) is 0 Å². The Bertz CT molecular complexity index is 715. The highest BCUT2D eigenvalue weighted by Gasteiger charge is 2.27. The van der Waals surface area contributed by atoms with Crippen molar-refractivity contribution in [3.8, 4) is 11.3 Å². The molecule has 7 heteroatoms. The number of carboxylic acids is 2. The second-order valence-electron chi connectivity index (χ2n) is 6.26. The van der Waals surface area contributed by atoms with Crippen LogP contribution in [0.1, 0.15) is 31.2 Å². The Morgan fingerprint density at radius 2 is 1.84 bits per heavy atom. The van der Waals surface area contributed by atoms with E-state index in [4.69, 9.17) is 0 Å². The molecular formula is C18H22N2O4S. The van der Waals surface area contributed by atoms with Crippen LogP contribution in [0, 0.1) is 5.92 Å². The molecule has 0 bridgehead atoms. The van der Waals surface area contributed by atoms with Gasteiger partial charge in [0.25, 0.3) is 0 Å². The van der Waals surface area contributed by atoms with Crippen molar-refractivity contribution < 1.29 is 19.8 Å². The van der Waals surface area contributed by atoms with Gasteiger partial charge in [-0.1, -0.05) is 44.2 Å². The molecule has 0 fully saturated rings. The third-order valence-corrected chi connectivity index (χ3v) is 4.72. The zero-order valence-corrected chi connectivity index (χ0v) is 15.0. The van der Waals surface area contributed by atoms with Crippen LogP contribution in [-0.4, -0.2) is 39.7 Å². The van der Waals surface area contributed by atoms with E-state index in [1.807, 2.05) is 49.6 Å². The van der Waals surface area contributed by atoms with E-state index < -0.39 is 23.9 Å². The van der Waals surface area contributed by atoms with Gasteiger partial charge in [0, 0.05) is 17.5 Å². The summed E-state index contributed by atoms with van der Waals surface area (Å²) in [6.45, 7) is 3.89. The smallest absolute Gasteiger partial charge is 0.320 e. The highest BCUT2D eigenvalue weighted by molar-refractivity contribution is 7.10. The normalized spacial score (nSPS) is 13.6. The van der Waals surface area contributed by atoms with Crippen LogP contribution in [0.5, 0.6) is 0 Å². The maximum Gasteiger partial charge on any atom is 0.320 e. The number of rotatable bonds is 9. The number of aliphatic carboxylic acids is 2. The number of thiazole rings is 1. The highest BCUT2D eigenvalue weighted by Crippen LogP contribution is 2.26. The lowest BCUT2D eigenvalue weighted by Gasteiger charge is -2.18. The first kappa shape index (κ1) is 19.1. The summed E-state index contributed by atoms with van der Waals surface area (Å²) in [4.78, 5) is 27.4. The van der Waals surface area contributed by atoms with Gasteiger partial charge in [-0.15, -0.1) is 11.3 Å². The van der Waals surface area contributed by atoms with Crippen molar-refractivity contribution in [2.45, 2.75) is 32.2 Å². The summed E-state index contributed by atoms with van der Waals surface area (Å²) in [6.07, 6.45) is 0.439. The van der Waals surface area contributed by atoms with Gasteiger partial charge in [0.05, 0.1) is 5.69 Å². The lowest BCUT2D eigenvalue weighted by atomic mass is 10.0. The van der Waals surface area contributed by atoms with E-state index in [1.165, 1.54) is 11.3 Å². The fourth-order valence-corrected chi connectivity index (χ4v) is 3.39. The van der Waals surface area contributed by atoms with Gasteiger partial charge in [-0.2, -0.15) is 0 Å². The monoisotopic (exact) mass is 362 g/mol. The minimum absolute atomic E-state index is 0.0285. The molecule has 0 saturated heterocycles. The zero-order valence-electron chi connectivity index (χ0n) is 14.2. The van der Waals surface area contributed by atoms with Gasteiger partial charge in [0.15, 0.2) is 0 Å². The molecule has 2 aromatic rings. The molecule has 1 aromatic carbocycles. The first-order chi connectivity index (χ1) is 11.9. The fraction of sp³-hybridized carbons (Fsp3) is 0.389. The molecule has 0 aliphatic rings. The molecule has 1 heterocycles. The van der Waals surface area contributed by atoms with Crippen LogP contribution < -0.4 is 5.32 Å². The van der Waals surface area contributed by atoms with E-state index in [2.05, 4.69) is 10.3 Å². The van der Waals surface area contributed by atoms with Crippen LogP contribution in [0.25, 0.3) is 11.3 Å². The van der Waals surface area contributed by atoms with Gasteiger partial charge < -0.3 is 15.5 Å². The van der Waals surface area contributed by atoms with Gasteiger partial charge in [-0.3, -0.25) is 9.59 Å². The van der Waals surface area contributed by atoms with Gasteiger partial charge in [-0.05, 0) is 12.3 Å². The van der Waals surface area contributed by atoms with Crippen molar-refractivity contribution in [1.29, 1.82) is 0 Å². The van der Waals surface area contributed by atoms with Crippen LogP contribution in [0.15, 0.2) is 35.7 Å². The average Bonchev–Trinajstić information content (AvgIpc) is 3.03. The van der Waals surface area contributed by atoms with Crippen LogP contribution in [0.3, 0.4) is 0 Å². The number of carbonyl (C=O) groups is 2. The van der Waals surface area contributed by atoms with E-state index >= 15 is 0 Å². The average molecular weight is 362 g/mol. The quantitative estimate of drug-likeness (QED) is 0.634. The summed E-state index contributed by atoms with van der Waals surface area (Å²) in [5, 5.41) is 23.9. The number of nitrogens with one attached hydrogen (secondary N) is 1. The summed E-state index contributed by atoms with van der Waals surface area (Å²) in [6, 6.07) is 8.76. The number of hydrogen-bond donors (Lipinski definition) is 3. The minimum atomic E-state index is -1.02. The number of aromatic nitrogens is 1. The van der Waals surface area contributed by atoms with Crippen LogP contribution in [0.2, 0.25) is 0 Å². The molecule has 0 aliphatic carbocycles. The van der Waals surface area contributed by atoms with Crippen LogP contribution in [0.4, 0.5) is 0 Å². The van der Waals surface area contributed by atoms with Crippen molar-refractivity contribution in [2.75, 3.05) is 6.54 Å². The Balaban J connectivity index is 2.12. The number of carboxylic acid groups (broad SMARTS) is 2. The second-order valence-corrected chi connectivity index (χ2v) is 7.15. The fourth-order valence-electron chi connectivity index (χ4n) is 2.47. The van der Waals surface area contributed by atoms with E-state index in [9.17, 15) is 19.8 Å². The molecule has 134 valence electrons. The van der Waals surface area contributed by atoms with Crippen molar-refractivity contribution in [3.05, 3.63) is 40.7 Å². The molecule has 0 aliphatic heterocycles. The predicted molar refractivity (Wildman–Crippen MR) is 96.8 cm³/mol. The van der Waals surface area contributed by atoms with Gasteiger partial charge in [0.2, 0.25) is 0 Å². The molecule has 0 spiro atoms. The lowest BCUT2D eigenvalue weighted by molar-refractivity contribution is -0.142. The first-order valence-corrected chi connectivity index (χ1v) is 8.96. The molecule has 1 aromatic heterocycles. The maximum absolute atomic E-state index is 11.6. The third-order valence-electron chi connectivity index (χ3n) is 3.76. The molecule has 3 N–H and O–H groups in total. The predicted octanol–water partition coefficient (Wildman–Crippen LogP) is 3.07. The summed E-state index contributed by atoms with van der Waals surface area (Å²) >= 11 is 1.28. The Kier molecular flexibility index (Phi) is 6.66. The van der Waals surface area contributed by atoms with E-state index in [1.54, 1.807) is 0 Å². The summed E-state index contributed by atoms with van der Waals surface area (Å²) in [5.41, 5.74) is 1.65. The van der Waals surface area contributed by atoms with Crippen LogP contribution in [-0.2, 0) is 9.59 Å². The number of benzene rings is 1. The number of nitrogens with zero attached hydrogens (tertiary/aromatic N) is 1. The molecule has 2 rings (SSSR count). The minimum Gasteiger partial charge on any atom is -0.481 e. The summed E-state index contributed by atoms with van der Waals surface area (Å²) in [5.74, 6) is -2.67. The van der Waals surface area contributed by atoms with Crippen molar-refractivity contribution in [2.24, 2.45) is 5.92 Å². The Morgan fingerprint density at radius 3 is 2.40 bits per heavy atom. The highest BCUT2D eigenvalue weighted by atomic mass is 32.1. The third kappa shape index (κ3) is 5.37. The maximum atomic E-state index is 11.6. The summed E-state index contributed by atoms with van der Waals surface area (Å²) < 4.78 is 0. The lowest BCUT2D eigenvalue weighted by Crippen LogP contribution is -2.41. The number of hydrogen-bond acceptors (Lipinski definition) is 5. The molecule has 0 saturated carbocycles. The topological polar surface area (TPSA) is 99.5 Å². The molecule has 2 unspecified atom stereocenters. The SMILES string of the molecule is CC(C)CC(NCC(C(=O)O)c1nc(-c2ccccc2)cs1)C(=O)O. The summed E-state index contributed by atoms with van der Waals surface area (Å²) in [7, 11) is 0. The molecule has 0 amide bonds. The van der Waals surface area contributed by atoms with E-state index in [0.717, 1.165) is 11.3 Å². The van der Waals surface area contributed by atoms with Crippen molar-refractivity contribution in [1.82, 2.24) is 10.3 Å². The first-order valence-electron chi connectivity index (χ1n) is 8.08. The van der Waals surface area contributed by atoms with Crippen molar-refractivity contribution >= 4 is 23.3 Å². The van der Waals surface area contributed by atoms with Gasteiger partial charge in [0.1, 0.15) is 17.0 Å². The van der Waals surface area contributed by atoms with E-state index in [-0.39, 0.29) is 12.5 Å². The molecule has 2 atom stereocenters. The second kappa shape index (κ2) is 8.73. The van der Waals surface area contributed by atoms with Gasteiger partial charge in [-0.25, -0.2) is 4.98 Å². The molecule has 0 radical (unpaired) electrons. The standard InChI is InChI=1S/C18H22N2O4S/c1-11(2)8-14(18(23)24)19-9-13(17(21)22)16-20-15(10-25-16)12-6-4-3-5-7-12/h3-7,10-11,13-14,19H,8-9H2,1-2H3,(H,21,22)(H,23,24). The molecule has 6 nitrogen and oxygen atoms in total. The van der Waals surface area contributed by atoms with E-state index in [0.29, 0.717) is 11.4 Å². The van der Waals surface area contributed by atoms with Crippen LogP contribution >= 0.6 is 11.3 Å².